The van der Waals surface area contributed by atoms with E-state index in [1.54, 1.807) is 26.2 Å². The minimum absolute atomic E-state index is 0.0136. The number of methoxy groups -OCH3 is 3. The molecule has 1 aliphatic heterocycles. The first kappa shape index (κ1) is 38.6. The second-order valence-electron chi connectivity index (χ2n) is 12.6. The van der Waals surface area contributed by atoms with Crippen LogP contribution in [0.5, 0.6) is 0 Å². The predicted octanol–water partition coefficient (Wildman–Crippen LogP) is 3.59. The normalized spacial score (nSPS) is 19.6. The van der Waals surface area contributed by atoms with E-state index in [1.165, 1.54) is 7.11 Å². The van der Waals surface area contributed by atoms with Crippen molar-refractivity contribution in [1.29, 1.82) is 0 Å². The lowest BCUT2D eigenvalue weighted by Gasteiger charge is -2.40. The largest absolute Gasteiger partial charge is 0.467 e. The molecule has 1 aromatic carbocycles. The highest BCUT2D eigenvalue weighted by atomic mass is 32.1. The van der Waals surface area contributed by atoms with Crippen molar-refractivity contribution in [3.8, 4) is 0 Å². The van der Waals surface area contributed by atoms with Crippen LogP contribution in [0.2, 0.25) is 0 Å². The van der Waals surface area contributed by atoms with E-state index in [1.807, 2.05) is 56.0 Å². The van der Waals surface area contributed by atoms with Gasteiger partial charge in [0.15, 0.2) is 0 Å². The number of carbonyl (C=O) groups excluding carboxylic acids is 3. The number of esters is 1. The number of thiocarbonyl (C=S) groups is 1. The number of nitrogens with two attached hydrogens (primary N) is 1. The van der Waals surface area contributed by atoms with Crippen molar-refractivity contribution < 1.29 is 28.6 Å². The molecule has 8 atom stereocenters. The number of carbonyl (C=O) groups is 3. The second-order valence-corrected chi connectivity index (χ2v) is 13.1. The molecule has 0 bridgehead atoms. The summed E-state index contributed by atoms with van der Waals surface area (Å²) in [6.45, 7) is 10.5. The molecule has 4 unspecified atom stereocenters. The van der Waals surface area contributed by atoms with E-state index in [2.05, 4.69) is 19.2 Å². The van der Waals surface area contributed by atoms with Crippen LogP contribution in [0, 0.1) is 17.8 Å². The Hall–Kier alpha value is -2.60. The SMILES string of the molecule is CCC(C)[C@@H](C(CC(=O)N1CCC[C@H]1C(OC)C(C)C(=S)N[C@@H](Cc1ccccc1)C(=O)OC)OC)N(C)C(=O)[C@@H](N)C(C)C. The van der Waals surface area contributed by atoms with E-state index in [0.29, 0.717) is 18.0 Å². The van der Waals surface area contributed by atoms with Crippen LogP contribution < -0.4 is 11.1 Å². The monoisotopic (exact) mass is 648 g/mol. The van der Waals surface area contributed by atoms with Gasteiger partial charge in [-0.25, -0.2) is 4.79 Å². The van der Waals surface area contributed by atoms with E-state index in [-0.39, 0.29) is 48.1 Å². The van der Waals surface area contributed by atoms with Crippen LogP contribution in [0.15, 0.2) is 30.3 Å². The lowest BCUT2D eigenvalue weighted by molar-refractivity contribution is -0.145. The first-order valence-electron chi connectivity index (χ1n) is 16.1. The summed E-state index contributed by atoms with van der Waals surface area (Å²) in [5.41, 5.74) is 7.21. The first-order chi connectivity index (χ1) is 21.3. The third-order valence-corrected chi connectivity index (χ3v) is 9.84. The highest BCUT2D eigenvalue weighted by molar-refractivity contribution is 7.80. The Labute approximate surface area is 275 Å². The van der Waals surface area contributed by atoms with E-state index in [4.69, 9.17) is 32.2 Å². The summed E-state index contributed by atoms with van der Waals surface area (Å²) in [5.74, 6) is -0.843. The number of nitrogens with one attached hydrogen (secondary N) is 1. The quantitative estimate of drug-likeness (QED) is 0.193. The Morgan fingerprint density at radius 3 is 2.27 bits per heavy atom. The highest BCUT2D eigenvalue weighted by Gasteiger charge is 2.42. The highest BCUT2D eigenvalue weighted by Crippen LogP contribution is 2.30. The lowest BCUT2D eigenvalue weighted by Crippen LogP contribution is -2.56. The van der Waals surface area contributed by atoms with Crippen molar-refractivity contribution in [2.45, 2.75) is 103 Å². The number of ether oxygens (including phenoxy) is 3. The average Bonchev–Trinajstić information content (AvgIpc) is 3.52. The number of likely N-dealkylation sites (N-methyl/N-ethyl adjacent to an activating group) is 1. The number of likely N-dealkylation sites (tertiary alicyclic amines) is 1. The van der Waals surface area contributed by atoms with Gasteiger partial charge in [-0.15, -0.1) is 0 Å². The van der Waals surface area contributed by atoms with E-state index in [0.717, 1.165) is 24.8 Å². The Bertz CT molecular complexity index is 1110. The van der Waals surface area contributed by atoms with Crippen molar-refractivity contribution in [3.05, 3.63) is 35.9 Å². The van der Waals surface area contributed by atoms with Gasteiger partial charge in [-0.3, -0.25) is 9.59 Å². The zero-order chi connectivity index (χ0) is 33.8. The Morgan fingerprint density at radius 2 is 1.73 bits per heavy atom. The fourth-order valence-corrected chi connectivity index (χ4v) is 6.59. The van der Waals surface area contributed by atoms with Crippen LogP contribution in [0.1, 0.15) is 65.9 Å². The number of hydrogen-bond acceptors (Lipinski definition) is 8. The Kier molecular flexibility index (Phi) is 15.9. The molecule has 0 radical (unpaired) electrons. The fourth-order valence-electron chi connectivity index (χ4n) is 6.31. The van der Waals surface area contributed by atoms with Gasteiger partial charge in [-0.05, 0) is 30.2 Å². The maximum absolute atomic E-state index is 13.9. The van der Waals surface area contributed by atoms with Gasteiger partial charge in [-0.1, -0.05) is 83.6 Å². The van der Waals surface area contributed by atoms with Crippen LogP contribution >= 0.6 is 12.2 Å². The van der Waals surface area contributed by atoms with Gasteiger partial charge in [0, 0.05) is 40.2 Å². The van der Waals surface area contributed by atoms with E-state index < -0.39 is 30.3 Å². The van der Waals surface area contributed by atoms with Gasteiger partial charge < -0.3 is 35.1 Å². The van der Waals surface area contributed by atoms with Gasteiger partial charge in [0.25, 0.3) is 0 Å². The molecule has 2 amide bonds. The first-order valence-corrected chi connectivity index (χ1v) is 16.5. The van der Waals surface area contributed by atoms with Crippen LogP contribution in [-0.2, 0) is 35.0 Å². The molecule has 254 valence electrons. The summed E-state index contributed by atoms with van der Waals surface area (Å²) in [6, 6.07) is 7.85. The average molecular weight is 649 g/mol. The minimum Gasteiger partial charge on any atom is -0.467 e. The van der Waals surface area contributed by atoms with Crippen molar-refractivity contribution in [2.24, 2.45) is 23.5 Å². The number of nitrogens with zero attached hydrogens (tertiary/aromatic N) is 2. The molecular formula is C34H56N4O6S. The molecule has 2 rings (SSSR count). The number of rotatable bonds is 17. The summed E-state index contributed by atoms with van der Waals surface area (Å²) in [6.07, 6.45) is 2.02. The minimum atomic E-state index is -0.658. The van der Waals surface area contributed by atoms with Crippen LogP contribution in [0.3, 0.4) is 0 Å². The number of amides is 2. The molecule has 45 heavy (non-hydrogen) atoms. The van der Waals surface area contributed by atoms with Gasteiger partial charge in [0.05, 0.1) is 48.9 Å². The molecule has 1 aliphatic rings. The van der Waals surface area contributed by atoms with Crippen molar-refractivity contribution in [1.82, 2.24) is 15.1 Å². The lowest BCUT2D eigenvalue weighted by atomic mass is 9.89. The second kappa shape index (κ2) is 18.5. The summed E-state index contributed by atoms with van der Waals surface area (Å²) in [7, 11) is 6.33. The van der Waals surface area contributed by atoms with Gasteiger partial charge in [-0.2, -0.15) is 0 Å². The summed E-state index contributed by atoms with van der Waals surface area (Å²) < 4.78 is 17.0. The van der Waals surface area contributed by atoms with Crippen LogP contribution in [0.4, 0.5) is 0 Å². The summed E-state index contributed by atoms with van der Waals surface area (Å²) in [4.78, 5) is 43.9. The molecular weight excluding hydrogens is 592 g/mol. The maximum Gasteiger partial charge on any atom is 0.328 e. The third kappa shape index (κ3) is 10.2. The van der Waals surface area contributed by atoms with Crippen molar-refractivity contribution in [3.63, 3.8) is 0 Å². The Morgan fingerprint density at radius 1 is 1.09 bits per heavy atom. The number of hydrogen-bond donors (Lipinski definition) is 2. The predicted molar refractivity (Wildman–Crippen MR) is 181 cm³/mol. The smallest absolute Gasteiger partial charge is 0.328 e. The molecule has 1 heterocycles. The van der Waals surface area contributed by atoms with Gasteiger partial charge in [0.2, 0.25) is 11.8 Å². The molecule has 3 N–H and O–H groups in total. The van der Waals surface area contributed by atoms with Crippen molar-refractivity contribution >= 4 is 35.0 Å². The molecule has 10 nitrogen and oxygen atoms in total. The number of benzene rings is 1. The van der Waals surface area contributed by atoms with Gasteiger partial charge >= 0.3 is 5.97 Å². The van der Waals surface area contributed by atoms with Gasteiger partial charge in [0.1, 0.15) is 6.04 Å². The molecule has 1 aromatic rings. The van der Waals surface area contributed by atoms with Crippen LogP contribution in [0.25, 0.3) is 0 Å². The van der Waals surface area contributed by atoms with Crippen molar-refractivity contribution in [2.75, 3.05) is 34.9 Å². The maximum atomic E-state index is 13.9. The Balaban J connectivity index is 2.22. The fraction of sp³-hybridized carbons (Fsp3) is 0.706. The van der Waals surface area contributed by atoms with E-state index >= 15 is 0 Å². The molecule has 1 fully saturated rings. The molecule has 0 spiro atoms. The molecule has 11 heteroatoms. The zero-order valence-corrected chi connectivity index (χ0v) is 29.5. The molecule has 0 aromatic heterocycles. The molecule has 0 aliphatic carbocycles. The zero-order valence-electron chi connectivity index (χ0n) is 28.7. The third-order valence-electron chi connectivity index (χ3n) is 9.35. The topological polar surface area (TPSA) is 123 Å². The summed E-state index contributed by atoms with van der Waals surface area (Å²) in [5, 5.41) is 3.22. The summed E-state index contributed by atoms with van der Waals surface area (Å²) >= 11 is 5.81. The van der Waals surface area contributed by atoms with Crippen LogP contribution in [-0.4, -0.2) is 104 Å². The van der Waals surface area contributed by atoms with E-state index in [9.17, 15) is 14.4 Å². The molecule has 1 saturated heterocycles. The molecule has 0 saturated carbocycles. The standard InChI is InChI=1S/C34H56N4O6S/c1-10-22(4)30(37(6)33(40)29(35)21(2)3)27(42-7)20-28(39)38-18-14-17-26(38)31(43-8)23(5)32(45)36-25(34(41)44-9)19-24-15-12-11-13-16-24/h11-13,15-16,21-23,25-27,29-31H,10,14,17-20,35H2,1-9H3,(H,36,45)/t22?,23?,25-,26-,27?,29-,30-,31?/m0/s1.